The Hall–Kier alpha value is -2.28. The summed E-state index contributed by atoms with van der Waals surface area (Å²) in [6.07, 6.45) is 3.14. The van der Waals surface area contributed by atoms with Crippen molar-refractivity contribution in [2.75, 3.05) is 18.8 Å². The normalized spacial score (nSPS) is 15.9. The zero-order valence-electron chi connectivity index (χ0n) is 15.1. The zero-order chi connectivity index (χ0) is 19.8. The van der Waals surface area contributed by atoms with E-state index < -0.39 is 5.97 Å². The summed E-state index contributed by atoms with van der Waals surface area (Å²) < 4.78 is 1.99. The van der Waals surface area contributed by atoms with E-state index in [-0.39, 0.29) is 5.92 Å². The highest BCUT2D eigenvalue weighted by molar-refractivity contribution is 6.36. The van der Waals surface area contributed by atoms with Gasteiger partial charge < -0.3 is 15.2 Å². The molecule has 2 aromatic heterocycles. The summed E-state index contributed by atoms with van der Waals surface area (Å²) in [6, 6.07) is 9.07. The summed E-state index contributed by atoms with van der Waals surface area (Å²) in [5, 5.41) is 10.3. The molecule has 1 aromatic carbocycles. The standard InChI is InChI=1S/C20H20Cl2N4O2/c21-13-1-3-15(16(22)9-13)19-17(26-10-14(23)2-4-18(26)24-19)11-25-7-5-12(6-8-25)20(27)28/h1-4,9-10,12H,5-8,11,23H2,(H,27,28). The van der Waals surface area contributed by atoms with Gasteiger partial charge in [-0.3, -0.25) is 9.69 Å². The van der Waals surface area contributed by atoms with Crippen LogP contribution in [0.3, 0.4) is 0 Å². The van der Waals surface area contributed by atoms with Gasteiger partial charge in [-0.2, -0.15) is 0 Å². The molecule has 0 saturated carbocycles. The molecule has 0 atom stereocenters. The largest absolute Gasteiger partial charge is 0.481 e. The average Bonchev–Trinajstić information content (AvgIpc) is 3.00. The molecule has 8 heteroatoms. The van der Waals surface area contributed by atoms with Crippen molar-refractivity contribution >= 4 is 40.5 Å². The van der Waals surface area contributed by atoms with Gasteiger partial charge >= 0.3 is 5.97 Å². The van der Waals surface area contributed by atoms with Crippen LogP contribution in [0.15, 0.2) is 36.5 Å². The number of carboxylic acid groups (broad SMARTS) is 1. The number of hydrogen-bond acceptors (Lipinski definition) is 4. The van der Waals surface area contributed by atoms with Crippen LogP contribution in [0.2, 0.25) is 10.0 Å². The second-order valence-corrected chi connectivity index (χ2v) is 7.95. The number of nitrogen functional groups attached to an aromatic ring is 1. The molecule has 28 heavy (non-hydrogen) atoms. The third-order valence-electron chi connectivity index (χ3n) is 5.24. The number of hydrogen-bond donors (Lipinski definition) is 2. The van der Waals surface area contributed by atoms with Crippen molar-refractivity contribution in [3.8, 4) is 11.3 Å². The minimum absolute atomic E-state index is 0.265. The number of fused-ring (bicyclic) bond motifs is 1. The van der Waals surface area contributed by atoms with Crippen LogP contribution >= 0.6 is 23.2 Å². The van der Waals surface area contributed by atoms with Crippen LogP contribution in [-0.4, -0.2) is 38.4 Å². The molecular weight excluding hydrogens is 399 g/mol. The number of carbonyl (C=O) groups is 1. The second-order valence-electron chi connectivity index (χ2n) is 7.11. The van der Waals surface area contributed by atoms with E-state index in [0.29, 0.717) is 35.1 Å². The molecule has 0 radical (unpaired) electrons. The Morgan fingerprint density at radius 2 is 1.96 bits per heavy atom. The molecule has 3 heterocycles. The average molecular weight is 419 g/mol. The van der Waals surface area contributed by atoms with Crippen molar-refractivity contribution in [1.82, 2.24) is 14.3 Å². The first-order valence-electron chi connectivity index (χ1n) is 9.09. The predicted octanol–water partition coefficient (Wildman–Crippen LogP) is 4.19. The topological polar surface area (TPSA) is 83.9 Å². The lowest BCUT2D eigenvalue weighted by Gasteiger charge is -2.30. The van der Waals surface area contributed by atoms with Crippen molar-refractivity contribution in [1.29, 1.82) is 0 Å². The molecule has 1 aliphatic rings. The quantitative estimate of drug-likeness (QED) is 0.663. The van der Waals surface area contributed by atoms with Crippen molar-refractivity contribution < 1.29 is 9.90 Å². The third-order valence-corrected chi connectivity index (χ3v) is 5.78. The molecule has 1 aliphatic heterocycles. The fraction of sp³-hybridized carbons (Fsp3) is 0.300. The number of halogens is 2. The molecule has 0 spiro atoms. The maximum atomic E-state index is 11.2. The number of benzene rings is 1. The Labute approximate surface area is 172 Å². The van der Waals surface area contributed by atoms with Crippen LogP contribution in [0.1, 0.15) is 18.5 Å². The Balaban J connectivity index is 1.73. The van der Waals surface area contributed by atoms with Gasteiger partial charge in [0.25, 0.3) is 0 Å². The van der Waals surface area contributed by atoms with E-state index in [0.717, 1.165) is 35.7 Å². The highest BCUT2D eigenvalue weighted by Crippen LogP contribution is 2.34. The predicted molar refractivity (Wildman–Crippen MR) is 111 cm³/mol. The molecule has 4 rings (SSSR count). The number of rotatable bonds is 4. The molecule has 0 amide bonds. The summed E-state index contributed by atoms with van der Waals surface area (Å²) in [5.74, 6) is -0.977. The highest BCUT2D eigenvalue weighted by Gasteiger charge is 2.26. The minimum Gasteiger partial charge on any atom is -0.481 e. The van der Waals surface area contributed by atoms with E-state index >= 15 is 0 Å². The molecule has 3 N–H and O–H groups in total. The summed E-state index contributed by atoms with van der Waals surface area (Å²) in [5.41, 5.74) is 10.00. The second kappa shape index (κ2) is 7.62. The molecule has 0 bridgehead atoms. The van der Waals surface area contributed by atoms with E-state index in [1.807, 2.05) is 28.8 Å². The van der Waals surface area contributed by atoms with E-state index in [1.54, 1.807) is 12.1 Å². The van der Waals surface area contributed by atoms with E-state index in [1.165, 1.54) is 0 Å². The number of aromatic nitrogens is 2. The fourth-order valence-electron chi connectivity index (χ4n) is 3.71. The first-order chi connectivity index (χ1) is 13.4. The first kappa shape index (κ1) is 19.1. The molecular formula is C20H20Cl2N4O2. The Morgan fingerprint density at radius 3 is 2.64 bits per heavy atom. The Bertz CT molecular complexity index is 1040. The van der Waals surface area contributed by atoms with E-state index in [4.69, 9.17) is 33.9 Å². The number of likely N-dealkylation sites (tertiary alicyclic amines) is 1. The Morgan fingerprint density at radius 1 is 1.21 bits per heavy atom. The zero-order valence-corrected chi connectivity index (χ0v) is 16.6. The van der Waals surface area contributed by atoms with Gasteiger partial charge in [0.15, 0.2) is 0 Å². The summed E-state index contributed by atoms with van der Waals surface area (Å²) >= 11 is 12.5. The van der Waals surface area contributed by atoms with Gasteiger partial charge in [0.1, 0.15) is 5.65 Å². The molecule has 6 nitrogen and oxygen atoms in total. The molecule has 146 valence electrons. The van der Waals surface area contributed by atoms with Gasteiger partial charge in [-0.05, 0) is 56.3 Å². The smallest absolute Gasteiger partial charge is 0.306 e. The molecule has 0 unspecified atom stereocenters. The molecule has 0 aliphatic carbocycles. The maximum absolute atomic E-state index is 11.2. The SMILES string of the molecule is Nc1ccc2nc(-c3ccc(Cl)cc3Cl)c(CN3CCC(C(=O)O)CC3)n2c1. The summed E-state index contributed by atoms with van der Waals surface area (Å²) in [6.45, 7) is 2.08. The van der Waals surface area contributed by atoms with Crippen LogP contribution in [-0.2, 0) is 11.3 Å². The number of nitrogens with zero attached hydrogens (tertiary/aromatic N) is 3. The number of nitrogens with two attached hydrogens (primary N) is 1. The van der Waals surface area contributed by atoms with Crippen molar-refractivity contribution in [2.24, 2.45) is 5.92 Å². The van der Waals surface area contributed by atoms with Gasteiger partial charge in [0.2, 0.25) is 0 Å². The lowest BCUT2D eigenvalue weighted by Crippen LogP contribution is -2.36. The molecule has 3 aromatic rings. The molecule has 1 saturated heterocycles. The number of pyridine rings is 1. The summed E-state index contributed by atoms with van der Waals surface area (Å²) in [7, 11) is 0. The fourth-order valence-corrected chi connectivity index (χ4v) is 4.21. The number of piperidine rings is 1. The van der Waals surface area contributed by atoms with Gasteiger partial charge in [-0.15, -0.1) is 0 Å². The monoisotopic (exact) mass is 418 g/mol. The van der Waals surface area contributed by atoms with Crippen molar-refractivity contribution in [3.05, 3.63) is 52.3 Å². The van der Waals surface area contributed by atoms with Crippen LogP contribution in [0.25, 0.3) is 16.9 Å². The Kier molecular flexibility index (Phi) is 5.19. The maximum Gasteiger partial charge on any atom is 0.306 e. The lowest BCUT2D eigenvalue weighted by molar-refractivity contribution is -0.143. The van der Waals surface area contributed by atoms with E-state index in [9.17, 15) is 9.90 Å². The number of aliphatic carboxylic acids is 1. The van der Waals surface area contributed by atoms with Gasteiger partial charge in [0, 0.05) is 29.0 Å². The van der Waals surface area contributed by atoms with Crippen LogP contribution in [0.4, 0.5) is 5.69 Å². The third kappa shape index (κ3) is 3.68. The number of imidazole rings is 1. The number of carboxylic acids is 1. The van der Waals surface area contributed by atoms with Crippen molar-refractivity contribution in [3.63, 3.8) is 0 Å². The highest BCUT2D eigenvalue weighted by atomic mass is 35.5. The lowest BCUT2D eigenvalue weighted by atomic mass is 9.97. The minimum atomic E-state index is -0.712. The van der Waals surface area contributed by atoms with E-state index in [2.05, 4.69) is 4.90 Å². The van der Waals surface area contributed by atoms with Crippen LogP contribution < -0.4 is 5.73 Å². The first-order valence-corrected chi connectivity index (χ1v) is 9.85. The van der Waals surface area contributed by atoms with Gasteiger partial charge in [0.05, 0.1) is 22.3 Å². The van der Waals surface area contributed by atoms with Gasteiger partial charge in [-0.25, -0.2) is 4.98 Å². The van der Waals surface area contributed by atoms with Crippen LogP contribution in [0, 0.1) is 5.92 Å². The van der Waals surface area contributed by atoms with Crippen molar-refractivity contribution in [2.45, 2.75) is 19.4 Å². The van der Waals surface area contributed by atoms with Crippen LogP contribution in [0.5, 0.6) is 0 Å². The van der Waals surface area contributed by atoms with Gasteiger partial charge in [-0.1, -0.05) is 23.2 Å². The number of anilines is 1. The molecule has 1 fully saturated rings. The summed E-state index contributed by atoms with van der Waals surface area (Å²) in [4.78, 5) is 18.3.